The molecule has 1 aliphatic heterocycles. The van der Waals surface area contributed by atoms with Crippen LogP contribution in [0.4, 0.5) is 0 Å². The highest BCUT2D eigenvalue weighted by molar-refractivity contribution is 7.09. The maximum atomic E-state index is 9.68. The van der Waals surface area contributed by atoms with Gasteiger partial charge in [0.05, 0.1) is 12.6 Å². The Morgan fingerprint density at radius 1 is 1.56 bits per heavy atom. The van der Waals surface area contributed by atoms with Crippen LogP contribution in [0.1, 0.15) is 22.8 Å². The second-order valence-electron chi connectivity index (χ2n) is 4.23. The summed E-state index contributed by atoms with van der Waals surface area (Å²) in [6.07, 6.45) is 4.44. The Kier molecular flexibility index (Phi) is 2.53. The van der Waals surface area contributed by atoms with Crippen molar-refractivity contribution < 1.29 is 5.11 Å². The zero-order valence-electron chi connectivity index (χ0n) is 8.97. The Balaban J connectivity index is 1.88. The molecule has 3 heterocycles. The van der Waals surface area contributed by atoms with Crippen LogP contribution in [-0.2, 0) is 19.4 Å². The van der Waals surface area contributed by atoms with Crippen molar-refractivity contribution in [2.45, 2.75) is 31.9 Å². The first-order valence-corrected chi connectivity index (χ1v) is 6.44. The fourth-order valence-electron chi connectivity index (χ4n) is 2.20. The molecule has 1 N–H and O–H groups in total. The van der Waals surface area contributed by atoms with Crippen molar-refractivity contribution in [2.75, 3.05) is 0 Å². The number of imidazole rings is 1. The van der Waals surface area contributed by atoms with E-state index in [4.69, 9.17) is 0 Å². The molecule has 4 heteroatoms. The predicted molar refractivity (Wildman–Crippen MR) is 63.7 cm³/mol. The minimum Gasteiger partial charge on any atom is -0.391 e. The molecule has 0 saturated carbocycles. The van der Waals surface area contributed by atoms with Crippen LogP contribution in [0.25, 0.3) is 0 Å². The summed E-state index contributed by atoms with van der Waals surface area (Å²) >= 11 is 1.76. The lowest BCUT2D eigenvalue weighted by Gasteiger charge is -2.21. The topological polar surface area (TPSA) is 38.1 Å². The van der Waals surface area contributed by atoms with E-state index in [1.54, 1.807) is 11.3 Å². The van der Waals surface area contributed by atoms with Gasteiger partial charge in [0.2, 0.25) is 0 Å². The lowest BCUT2D eigenvalue weighted by atomic mass is 10.1. The molecule has 16 heavy (non-hydrogen) atoms. The highest BCUT2D eigenvalue weighted by Gasteiger charge is 2.19. The van der Waals surface area contributed by atoms with Crippen LogP contribution in [0.5, 0.6) is 0 Å². The van der Waals surface area contributed by atoms with E-state index in [1.807, 2.05) is 6.20 Å². The lowest BCUT2D eigenvalue weighted by Crippen LogP contribution is -2.25. The highest BCUT2D eigenvalue weighted by Crippen LogP contribution is 2.20. The molecule has 0 bridgehead atoms. The van der Waals surface area contributed by atoms with Crippen molar-refractivity contribution in [3.63, 3.8) is 0 Å². The Morgan fingerprint density at radius 2 is 2.50 bits per heavy atom. The van der Waals surface area contributed by atoms with Gasteiger partial charge < -0.3 is 9.67 Å². The van der Waals surface area contributed by atoms with Crippen molar-refractivity contribution in [1.29, 1.82) is 0 Å². The first-order chi connectivity index (χ1) is 7.83. The van der Waals surface area contributed by atoms with E-state index >= 15 is 0 Å². The van der Waals surface area contributed by atoms with Gasteiger partial charge in [0.1, 0.15) is 5.82 Å². The fraction of sp³-hybridized carbons (Fsp3) is 0.417. The summed E-state index contributed by atoms with van der Waals surface area (Å²) in [6.45, 7) is 0.704. The number of aliphatic hydroxyl groups is 1. The van der Waals surface area contributed by atoms with Crippen LogP contribution in [0.3, 0.4) is 0 Å². The van der Waals surface area contributed by atoms with Crippen LogP contribution in [0, 0.1) is 0 Å². The van der Waals surface area contributed by atoms with Crippen LogP contribution in [0.15, 0.2) is 23.7 Å². The van der Waals surface area contributed by atoms with Crippen molar-refractivity contribution in [1.82, 2.24) is 9.55 Å². The molecule has 2 aromatic rings. The first kappa shape index (κ1) is 10.1. The summed E-state index contributed by atoms with van der Waals surface area (Å²) < 4.78 is 2.17. The van der Waals surface area contributed by atoms with Gasteiger partial charge in [0, 0.05) is 23.2 Å². The SMILES string of the molecule is OC1CCc2cnc(Cc3cccs3)n2C1. The van der Waals surface area contributed by atoms with E-state index in [0.717, 1.165) is 25.1 Å². The molecule has 84 valence electrons. The minimum atomic E-state index is -0.205. The summed E-state index contributed by atoms with van der Waals surface area (Å²) in [5.41, 5.74) is 1.26. The van der Waals surface area contributed by atoms with Crippen LogP contribution >= 0.6 is 11.3 Å². The van der Waals surface area contributed by atoms with Crippen molar-refractivity contribution in [3.05, 3.63) is 40.1 Å². The molecule has 0 amide bonds. The fourth-order valence-corrected chi connectivity index (χ4v) is 2.90. The molecule has 0 fully saturated rings. The summed E-state index contributed by atoms with van der Waals surface area (Å²) in [4.78, 5) is 5.79. The maximum absolute atomic E-state index is 9.68. The molecular formula is C12H14N2OS. The Hall–Kier alpha value is -1.13. The summed E-state index contributed by atoms with van der Waals surface area (Å²) in [6, 6.07) is 4.19. The molecule has 3 nitrogen and oxygen atoms in total. The summed E-state index contributed by atoms with van der Waals surface area (Å²) in [5, 5.41) is 11.8. The number of aliphatic hydroxyl groups excluding tert-OH is 1. The second-order valence-corrected chi connectivity index (χ2v) is 5.26. The van der Waals surface area contributed by atoms with Crippen LogP contribution in [-0.4, -0.2) is 20.8 Å². The van der Waals surface area contributed by atoms with Crippen LogP contribution < -0.4 is 0 Å². The van der Waals surface area contributed by atoms with Gasteiger partial charge in [-0.25, -0.2) is 4.98 Å². The van der Waals surface area contributed by atoms with Gasteiger partial charge in [-0.3, -0.25) is 0 Å². The summed E-state index contributed by atoms with van der Waals surface area (Å²) in [7, 11) is 0. The van der Waals surface area contributed by atoms with E-state index in [2.05, 4.69) is 27.1 Å². The molecule has 0 radical (unpaired) electrons. The summed E-state index contributed by atoms with van der Waals surface area (Å²) in [5.74, 6) is 1.08. The van der Waals surface area contributed by atoms with Gasteiger partial charge in [0.25, 0.3) is 0 Å². The van der Waals surface area contributed by atoms with E-state index in [1.165, 1.54) is 10.6 Å². The van der Waals surface area contributed by atoms with E-state index in [9.17, 15) is 5.11 Å². The van der Waals surface area contributed by atoms with Crippen molar-refractivity contribution in [2.24, 2.45) is 0 Å². The molecule has 1 atom stereocenters. The molecule has 0 saturated heterocycles. The number of aromatic nitrogens is 2. The standard InChI is InChI=1S/C12H14N2OS/c15-10-4-3-9-7-13-12(14(9)8-10)6-11-2-1-5-16-11/h1-2,5,7,10,15H,3-4,6,8H2. The Labute approximate surface area is 98.4 Å². The average Bonchev–Trinajstić information content (AvgIpc) is 2.90. The van der Waals surface area contributed by atoms with Gasteiger partial charge in [0.15, 0.2) is 0 Å². The molecule has 1 aliphatic rings. The maximum Gasteiger partial charge on any atom is 0.114 e. The number of rotatable bonds is 2. The molecular weight excluding hydrogens is 220 g/mol. The normalized spacial score (nSPS) is 19.7. The smallest absolute Gasteiger partial charge is 0.114 e. The quantitative estimate of drug-likeness (QED) is 0.861. The van der Waals surface area contributed by atoms with Crippen molar-refractivity contribution in [3.8, 4) is 0 Å². The van der Waals surface area contributed by atoms with E-state index < -0.39 is 0 Å². The molecule has 3 rings (SSSR count). The number of aryl methyl sites for hydroxylation is 1. The van der Waals surface area contributed by atoms with E-state index in [-0.39, 0.29) is 6.10 Å². The highest BCUT2D eigenvalue weighted by atomic mass is 32.1. The average molecular weight is 234 g/mol. The van der Waals surface area contributed by atoms with Crippen LogP contribution in [0.2, 0.25) is 0 Å². The van der Waals surface area contributed by atoms with Gasteiger partial charge in [-0.2, -0.15) is 0 Å². The Morgan fingerprint density at radius 3 is 3.31 bits per heavy atom. The number of hydrogen-bond acceptors (Lipinski definition) is 3. The molecule has 2 aromatic heterocycles. The molecule has 1 unspecified atom stereocenters. The number of fused-ring (bicyclic) bond motifs is 1. The monoisotopic (exact) mass is 234 g/mol. The molecule has 0 spiro atoms. The number of hydrogen-bond donors (Lipinski definition) is 1. The minimum absolute atomic E-state index is 0.205. The third-order valence-corrected chi connectivity index (χ3v) is 3.94. The Bertz CT molecular complexity index is 475. The first-order valence-electron chi connectivity index (χ1n) is 5.56. The molecule has 0 aromatic carbocycles. The number of thiophene rings is 1. The molecule has 0 aliphatic carbocycles. The van der Waals surface area contributed by atoms with Gasteiger partial charge in [-0.15, -0.1) is 11.3 Å². The van der Waals surface area contributed by atoms with Gasteiger partial charge in [-0.05, 0) is 24.3 Å². The van der Waals surface area contributed by atoms with Crippen molar-refractivity contribution >= 4 is 11.3 Å². The zero-order valence-corrected chi connectivity index (χ0v) is 9.78. The predicted octanol–water partition coefficient (Wildman–Crippen LogP) is 1.84. The second kappa shape index (κ2) is 4.03. The third-order valence-electron chi connectivity index (χ3n) is 3.06. The van der Waals surface area contributed by atoms with E-state index in [0.29, 0.717) is 6.54 Å². The third kappa shape index (κ3) is 1.79. The lowest BCUT2D eigenvalue weighted by molar-refractivity contribution is 0.130. The van der Waals surface area contributed by atoms with Gasteiger partial charge in [-0.1, -0.05) is 6.07 Å². The largest absolute Gasteiger partial charge is 0.391 e. The zero-order chi connectivity index (χ0) is 11.0. The van der Waals surface area contributed by atoms with Gasteiger partial charge >= 0.3 is 0 Å². The number of nitrogens with zero attached hydrogens (tertiary/aromatic N) is 2.